The van der Waals surface area contributed by atoms with E-state index >= 15 is 0 Å². The van der Waals surface area contributed by atoms with E-state index in [4.69, 9.17) is 18.9 Å². The standard InChI is InChI=1S/C51H90O12S/c1-3-5-7-9-11-13-15-17-19-20-21-22-23-24-26-28-30-32-34-36-38-40-47(53)62-44(42-61-51-50(56)49(55)48(54)45(63-51)43-64(57,58)59)41-60-46(52)39-37-35-33-31-29-27-25-18-16-14-12-10-8-6-4-2/h6,8,10,12,14,16,18,25,44-45,48-51,54-56H,3-5,7,9,11,13,15,17,19-24,26-43H2,1-2H3,(H,57,58,59)/b8-6+,12-10+,16-14+,25-18+/t44-,45-,48-,49?,50?,51+/m1/s1. The summed E-state index contributed by atoms with van der Waals surface area (Å²) in [5, 5.41) is 31.0. The Bertz CT molecular complexity index is 1360. The molecule has 13 heteroatoms. The van der Waals surface area contributed by atoms with Crippen molar-refractivity contribution in [3.8, 4) is 0 Å². The van der Waals surface area contributed by atoms with E-state index in [2.05, 4.69) is 26.0 Å². The van der Waals surface area contributed by atoms with Gasteiger partial charge in [-0.1, -0.05) is 210 Å². The number of carbonyl (C=O) groups excluding carboxylic acids is 2. The molecule has 0 aliphatic carbocycles. The lowest BCUT2D eigenvalue weighted by Crippen LogP contribution is -2.60. The Hall–Kier alpha value is -2.39. The normalized spacial score (nSPS) is 20.0. The van der Waals surface area contributed by atoms with Gasteiger partial charge in [0.2, 0.25) is 0 Å². The molecule has 64 heavy (non-hydrogen) atoms. The van der Waals surface area contributed by atoms with Gasteiger partial charge in [-0.2, -0.15) is 8.42 Å². The van der Waals surface area contributed by atoms with Crippen LogP contribution in [0.2, 0.25) is 0 Å². The van der Waals surface area contributed by atoms with E-state index in [0.29, 0.717) is 12.8 Å². The summed E-state index contributed by atoms with van der Waals surface area (Å²) in [7, 11) is -4.61. The first kappa shape index (κ1) is 59.6. The Morgan fingerprint density at radius 1 is 0.547 bits per heavy atom. The highest BCUT2D eigenvalue weighted by Crippen LogP contribution is 2.24. The van der Waals surface area contributed by atoms with Crippen molar-refractivity contribution in [2.75, 3.05) is 19.0 Å². The maximum Gasteiger partial charge on any atom is 0.306 e. The molecule has 0 bridgehead atoms. The molecule has 1 fully saturated rings. The fourth-order valence-corrected chi connectivity index (χ4v) is 8.32. The summed E-state index contributed by atoms with van der Waals surface area (Å²) in [5.74, 6) is -2.01. The number of unbranched alkanes of at least 4 members (excludes halogenated alkanes) is 25. The molecule has 2 unspecified atom stereocenters. The van der Waals surface area contributed by atoms with Crippen LogP contribution in [-0.4, -0.2) is 96.0 Å². The number of hydrogen-bond donors (Lipinski definition) is 4. The quantitative estimate of drug-likeness (QED) is 0.0197. The molecular formula is C51H90O12S. The van der Waals surface area contributed by atoms with Crippen LogP contribution in [0, 0.1) is 0 Å². The summed E-state index contributed by atoms with van der Waals surface area (Å²) in [6.45, 7) is 3.63. The van der Waals surface area contributed by atoms with Crippen LogP contribution >= 0.6 is 0 Å². The predicted octanol–water partition coefficient (Wildman–Crippen LogP) is 11.1. The van der Waals surface area contributed by atoms with E-state index in [9.17, 15) is 37.9 Å². The molecule has 0 spiro atoms. The number of aliphatic hydroxyl groups excluding tert-OH is 3. The summed E-state index contributed by atoms with van der Waals surface area (Å²) in [5.41, 5.74) is 0. The molecule has 0 aromatic rings. The molecule has 372 valence electrons. The summed E-state index contributed by atoms with van der Waals surface area (Å²) in [4.78, 5) is 25.5. The zero-order valence-corrected chi connectivity index (χ0v) is 40.7. The molecule has 1 aliphatic heterocycles. The first-order chi connectivity index (χ1) is 31.0. The minimum Gasteiger partial charge on any atom is -0.462 e. The molecule has 0 aromatic carbocycles. The Kier molecular flexibility index (Phi) is 38.1. The Labute approximate surface area is 388 Å². The summed E-state index contributed by atoms with van der Waals surface area (Å²) in [6.07, 6.45) is 40.1. The minimum atomic E-state index is -4.61. The Morgan fingerprint density at radius 2 is 0.984 bits per heavy atom. The number of ether oxygens (including phenoxy) is 4. The molecule has 4 N–H and O–H groups in total. The molecule has 0 aromatic heterocycles. The molecule has 1 heterocycles. The van der Waals surface area contributed by atoms with Crippen LogP contribution in [0.5, 0.6) is 0 Å². The second kappa shape index (κ2) is 40.8. The maximum absolute atomic E-state index is 12.9. The molecule has 1 saturated heterocycles. The fourth-order valence-electron chi connectivity index (χ4n) is 7.63. The van der Waals surface area contributed by atoms with Gasteiger partial charge in [-0.05, 0) is 32.1 Å². The zero-order chi connectivity index (χ0) is 46.9. The van der Waals surface area contributed by atoms with Crippen molar-refractivity contribution in [1.82, 2.24) is 0 Å². The highest BCUT2D eigenvalue weighted by molar-refractivity contribution is 7.85. The number of hydrogen-bond acceptors (Lipinski definition) is 11. The van der Waals surface area contributed by atoms with Crippen molar-refractivity contribution in [2.45, 2.75) is 243 Å². The number of esters is 2. The predicted molar refractivity (Wildman–Crippen MR) is 256 cm³/mol. The van der Waals surface area contributed by atoms with Crippen LogP contribution < -0.4 is 0 Å². The van der Waals surface area contributed by atoms with Crippen LogP contribution in [0.1, 0.15) is 206 Å². The van der Waals surface area contributed by atoms with E-state index in [-0.39, 0.29) is 19.4 Å². The third-order valence-electron chi connectivity index (χ3n) is 11.5. The van der Waals surface area contributed by atoms with Gasteiger partial charge in [0.25, 0.3) is 10.1 Å². The monoisotopic (exact) mass is 927 g/mol. The summed E-state index contributed by atoms with van der Waals surface area (Å²) < 4.78 is 54.2. The SMILES string of the molecule is CC/C=C/C=C/C=C/C=C/CCCCCCCC(=O)OC[C@H](CO[C@H]1O[C@H](CS(=O)(=O)O)[C@@H](O)C(O)C1O)OC(=O)CCCCCCCCCCCCCCCCCCCCCCC. The van der Waals surface area contributed by atoms with Crippen molar-refractivity contribution in [1.29, 1.82) is 0 Å². The molecule has 0 amide bonds. The van der Waals surface area contributed by atoms with Gasteiger partial charge in [0.05, 0.1) is 6.61 Å². The fraction of sp³-hybridized carbons (Fsp3) is 0.804. The second-order valence-corrected chi connectivity index (χ2v) is 19.1. The highest BCUT2D eigenvalue weighted by atomic mass is 32.2. The molecule has 0 radical (unpaired) electrons. The smallest absolute Gasteiger partial charge is 0.306 e. The van der Waals surface area contributed by atoms with E-state index in [1.165, 1.54) is 109 Å². The van der Waals surface area contributed by atoms with E-state index in [1.807, 2.05) is 36.5 Å². The number of allylic oxidation sites excluding steroid dienone is 8. The van der Waals surface area contributed by atoms with Crippen LogP contribution in [0.3, 0.4) is 0 Å². The van der Waals surface area contributed by atoms with Crippen molar-refractivity contribution >= 4 is 22.1 Å². The van der Waals surface area contributed by atoms with Gasteiger partial charge in [0.15, 0.2) is 12.4 Å². The van der Waals surface area contributed by atoms with Gasteiger partial charge in [0.1, 0.15) is 36.8 Å². The van der Waals surface area contributed by atoms with Crippen molar-refractivity contribution in [2.24, 2.45) is 0 Å². The molecule has 12 nitrogen and oxygen atoms in total. The van der Waals surface area contributed by atoms with Crippen molar-refractivity contribution in [3.63, 3.8) is 0 Å². The summed E-state index contributed by atoms with van der Waals surface area (Å²) in [6, 6.07) is 0. The zero-order valence-electron chi connectivity index (χ0n) is 39.9. The average molecular weight is 927 g/mol. The van der Waals surface area contributed by atoms with Gasteiger partial charge in [0, 0.05) is 12.8 Å². The number of carbonyl (C=O) groups is 2. The first-order valence-electron chi connectivity index (χ1n) is 25.2. The van der Waals surface area contributed by atoms with Crippen LogP contribution in [-0.2, 0) is 38.7 Å². The lowest BCUT2D eigenvalue weighted by Gasteiger charge is -2.40. The third kappa shape index (κ3) is 34.9. The number of rotatable bonds is 42. The lowest BCUT2D eigenvalue weighted by molar-refractivity contribution is -0.297. The third-order valence-corrected chi connectivity index (χ3v) is 12.3. The molecule has 0 saturated carbocycles. The molecule has 1 rings (SSSR count). The van der Waals surface area contributed by atoms with Gasteiger partial charge in [-0.15, -0.1) is 0 Å². The van der Waals surface area contributed by atoms with Gasteiger partial charge in [-0.3, -0.25) is 14.1 Å². The van der Waals surface area contributed by atoms with Crippen LogP contribution in [0.25, 0.3) is 0 Å². The maximum atomic E-state index is 12.9. The van der Waals surface area contributed by atoms with Crippen molar-refractivity contribution in [3.05, 3.63) is 48.6 Å². The van der Waals surface area contributed by atoms with E-state index < -0.39 is 71.2 Å². The molecule has 1 aliphatic rings. The van der Waals surface area contributed by atoms with Crippen molar-refractivity contribution < 1.29 is 56.8 Å². The van der Waals surface area contributed by atoms with Gasteiger partial charge >= 0.3 is 11.9 Å². The number of aliphatic hydroxyl groups is 3. The van der Waals surface area contributed by atoms with Crippen LogP contribution in [0.4, 0.5) is 0 Å². The second-order valence-electron chi connectivity index (χ2n) is 17.6. The van der Waals surface area contributed by atoms with E-state index in [1.54, 1.807) is 0 Å². The van der Waals surface area contributed by atoms with Crippen LogP contribution in [0.15, 0.2) is 48.6 Å². The van der Waals surface area contributed by atoms with Gasteiger partial charge < -0.3 is 34.3 Å². The topological polar surface area (TPSA) is 186 Å². The lowest BCUT2D eigenvalue weighted by atomic mass is 10.00. The minimum absolute atomic E-state index is 0.161. The largest absolute Gasteiger partial charge is 0.462 e. The Morgan fingerprint density at radius 3 is 1.47 bits per heavy atom. The average Bonchev–Trinajstić information content (AvgIpc) is 3.26. The first-order valence-corrected chi connectivity index (χ1v) is 26.9. The Balaban J connectivity index is 2.37. The van der Waals surface area contributed by atoms with Gasteiger partial charge in [-0.25, -0.2) is 0 Å². The highest BCUT2D eigenvalue weighted by Gasteiger charge is 2.46. The molecular weight excluding hydrogens is 837 g/mol. The van der Waals surface area contributed by atoms with E-state index in [0.717, 1.165) is 57.8 Å². The molecule has 6 atom stereocenters. The summed E-state index contributed by atoms with van der Waals surface area (Å²) >= 11 is 0.